The number of benzene rings is 1. The van der Waals surface area contributed by atoms with Crippen LogP contribution in [0.1, 0.15) is 38.7 Å². The fraction of sp³-hybridized carbons (Fsp3) is 0.500. The highest BCUT2D eigenvalue weighted by molar-refractivity contribution is 6.01. The Morgan fingerprint density at radius 2 is 2.06 bits per heavy atom. The smallest absolute Gasteiger partial charge is 0.186 e. The third-order valence-corrected chi connectivity index (χ3v) is 4.29. The number of Topliss-reactive ketones (excluding diaryl/α,β-unsaturated/α-hetero) is 1. The van der Waals surface area contributed by atoms with E-state index < -0.39 is 5.60 Å². The molecule has 1 fully saturated rings. The van der Waals surface area contributed by atoms with E-state index in [2.05, 4.69) is 6.92 Å². The standard InChI is InChI=1S/C14H16O2/c1-3-14-9-8-13(2,12(14)15)16-11-7-5-4-6-10(11)14/h4-7H,3,8-9H2,1-2H3/t13-,14-/m0/s1. The van der Waals surface area contributed by atoms with Crippen LogP contribution in [-0.4, -0.2) is 11.4 Å². The lowest BCUT2D eigenvalue weighted by atomic mass is 9.73. The van der Waals surface area contributed by atoms with E-state index >= 15 is 0 Å². The van der Waals surface area contributed by atoms with E-state index in [1.165, 1.54) is 0 Å². The molecule has 0 spiro atoms. The maximum absolute atomic E-state index is 12.5. The van der Waals surface area contributed by atoms with Crippen LogP contribution in [0, 0.1) is 0 Å². The maximum atomic E-state index is 12.5. The van der Waals surface area contributed by atoms with Crippen molar-refractivity contribution in [2.24, 2.45) is 0 Å². The Hall–Kier alpha value is -1.31. The van der Waals surface area contributed by atoms with Gasteiger partial charge in [0.25, 0.3) is 0 Å². The van der Waals surface area contributed by atoms with Crippen molar-refractivity contribution in [3.8, 4) is 5.75 Å². The molecule has 16 heavy (non-hydrogen) atoms. The van der Waals surface area contributed by atoms with Gasteiger partial charge >= 0.3 is 0 Å². The van der Waals surface area contributed by atoms with Crippen LogP contribution in [0.15, 0.2) is 24.3 Å². The molecule has 2 aliphatic rings. The minimum Gasteiger partial charge on any atom is -0.479 e. The predicted octanol–water partition coefficient (Wildman–Crippen LogP) is 2.85. The topological polar surface area (TPSA) is 26.3 Å². The van der Waals surface area contributed by atoms with Gasteiger partial charge in [-0.05, 0) is 32.3 Å². The van der Waals surface area contributed by atoms with Crippen molar-refractivity contribution >= 4 is 5.78 Å². The van der Waals surface area contributed by atoms with Gasteiger partial charge in [0.15, 0.2) is 11.4 Å². The molecule has 1 aromatic rings. The van der Waals surface area contributed by atoms with Gasteiger partial charge in [-0.1, -0.05) is 25.1 Å². The molecule has 1 heterocycles. The Labute approximate surface area is 95.6 Å². The Morgan fingerprint density at radius 1 is 1.31 bits per heavy atom. The second kappa shape index (κ2) is 2.88. The van der Waals surface area contributed by atoms with Gasteiger partial charge in [0.2, 0.25) is 0 Å². The average molecular weight is 216 g/mol. The number of ether oxygens (including phenoxy) is 1. The second-order valence-corrected chi connectivity index (χ2v) is 5.09. The van der Waals surface area contributed by atoms with Gasteiger partial charge in [-0.3, -0.25) is 4.79 Å². The lowest BCUT2D eigenvalue weighted by Crippen LogP contribution is -2.48. The highest BCUT2D eigenvalue weighted by atomic mass is 16.5. The summed E-state index contributed by atoms with van der Waals surface area (Å²) in [6.07, 6.45) is 2.64. The number of ketones is 1. The summed E-state index contributed by atoms with van der Waals surface area (Å²) in [4.78, 5) is 12.5. The minimum absolute atomic E-state index is 0.274. The molecule has 1 aromatic carbocycles. The number of carbonyl (C=O) groups excluding carboxylic acids is 1. The summed E-state index contributed by atoms with van der Waals surface area (Å²) < 4.78 is 5.90. The first-order valence-corrected chi connectivity index (χ1v) is 5.96. The van der Waals surface area contributed by atoms with Crippen molar-refractivity contribution in [2.75, 3.05) is 0 Å². The Kier molecular flexibility index (Phi) is 1.78. The van der Waals surface area contributed by atoms with Crippen molar-refractivity contribution in [1.82, 2.24) is 0 Å². The molecule has 2 heteroatoms. The summed E-state index contributed by atoms with van der Waals surface area (Å²) in [7, 11) is 0. The van der Waals surface area contributed by atoms with Crippen LogP contribution in [0.25, 0.3) is 0 Å². The largest absolute Gasteiger partial charge is 0.479 e. The van der Waals surface area contributed by atoms with Crippen LogP contribution in [0.5, 0.6) is 5.75 Å². The molecule has 1 aliphatic carbocycles. The number of hydrogen-bond donors (Lipinski definition) is 0. The van der Waals surface area contributed by atoms with E-state index in [0.717, 1.165) is 30.6 Å². The Morgan fingerprint density at radius 3 is 2.81 bits per heavy atom. The van der Waals surface area contributed by atoms with Gasteiger partial charge in [0.1, 0.15) is 5.75 Å². The molecule has 2 nitrogen and oxygen atoms in total. The van der Waals surface area contributed by atoms with Crippen LogP contribution in [0.4, 0.5) is 0 Å². The lowest BCUT2D eigenvalue weighted by molar-refractivity contribution is -0.136. The van der Waals surface area contributed by atoms with Gasteiger partial charge in [-0.2, -0.15) is 0 Å². The third-order valence-electron chi connectivity index (χ3n) is 4.29. The van der Waals surface area contributed by atoms with Crippen molar-refractivity contribution < 1.29 is 9.53 Å². The molecule has 2 atom stereocenters. The number of fused-ring (bicyclic) bond motifs is 4. The highest BCUT2D eigenvalue weighted by Gasteiger charge is 2.59. The summed E-state index contributed by atoms with van der Waals surface area (Å²) in [6, 6.07) is 7.99. The van der Waals surface area contributed by atoms with Crippen LogP contribution >= 0.6 is 0 Å². The maximum Gasteiger partial charge on any atom is 0.186 e. The van der Waals surface area contributed by atoms with Gasteiger partial charge < -0.3 is 4.74 Å². The fourth-order valence-corrected chi connectivity index (χ4v) is 3.26. The van der Waals surface area contributed by atoms with Gasteiger partial charge in [0, 0.05) is 5.56 Å². The fourth-order valence-electron chi connectivity index (χ4n) is 3.26. The van der Waals surface area contributed by atoms with E-state index in [9.17, 15) is 4.79 Å². The summed E-state index contributed by atoms with van der Waals surface area (Å²) in [5.41, 5.74) is 0.242. The van der Waals surface area contributed by atoms with Crippen LogP contribution in [-0.2, 0) is 10.2 Å². The molecule has 0 N–H and O–H groups in total. The van der Waals surface area contributed by atoms with Crippen molar-refractivity contribution in [3.63, 3.8) is 0 Å². The number of rotatable bonds is 1. The summed E-state index contributed by atoms with van der Waals surface area (Å²) in [5.74, 6) is 1.19. The molecule has 2 bridgehead atoms. The molecule has 0 saturated heterocycles. The summed E-state index contributed by atoms with van der Waals surface area (Å²) >= 11 is 0. The first-order chi connectivity index (χ1) is 7.62. The van der Waals surface area contributed by atoms with E-state index in [4.69, 9.17) is 4.74 Å². The van der Waals surface area contributed by atoms with E-state index in [1.54, 1.807) is 0 Å². The van der Waals surface area contributed by atoms with Crippen molar-refractivity contribution in [1.29, 1.82) is 0 Å². The van der Waals surface area contributed by atoms with E-state index in [1.807, 2.05) is 31.2 Å². The molecular weight excluding hydrogens is 200 g/mol. The SMILES string of the molecule is CC[C@]12CC[C@](C)(Oc3ccccc31)C2=O. The van der Waals surface area contributed by atoms with Gasteiger partial charge in [-0.25, -0.2) is 0 Å². The third kappa shape index (κ3) is 0.952. The molecule has 0 unspecified atom stereocenters. The van der Waals surface area contributed by atoms with Crippen LogP contribution in [0.3, 0.4) is 0 Å². The molecule has 0 amide bonds. The van der Waals surface area contributed by atoms with E-state index in [-0.39, 0.29) is 11.2 Å². The monoisotopic (exact) mass is 216 g/mol. The molecule has 1 aliphatic heterocycles. The molecular formula is C14H16O2. The van der Waals surface area contributed by atoms with E-state index in [0.29, 0.717) is 0 Å². The average Bonchev–Trinajstić information content (AvgIpc) is 2.47. The van der Waals surface area contributed by atoms with Crippen LogP contribution in [0.2, 0.25) is 0 Å². The van der Waals surface area contributed by atoms with Crippen molar-refractivity contribution in [2.45, 2.75) is 44.1 Å². The number of hydrogen-bond acceptors (Lipinski definition) is 2. The molecule has 84 valence electrons. The molecule has 0 aromatic heterocycles. The zero-order chi connectivity index (χ0) is 11.4. The lowest BCUT2D eigenvalue weighted by Gasteiger charge is -2.37. The second-order valence-electron chi connectivity index (χ2n) is 5.09. The zero-order valence-electron chi connectivity index (χ0n) is 9.75. The first-order valence-electron chi connectivity index (χ1n) is 5.96. The van der Waals surface area contributed by atoms with Gasteiger partial charge in [0.05, 0.1) is 5.41 Å². The quantitative estimate of drug-likeness (QED) is 0.721. The summed E-state index contributed by atoms with van der Waals surface area (Å²) in [6.45, 7) is 4.04. The Balaban J connectivity index is 2.27. The zero-order valence-corrected chi connectivity index (χ0v) is 9.75. The molecule has 1 saturated carbocycles. The van der Waals surface area contributed by atoms with Gasteiger partial charge in [-0.15, -0.1) is 0 Å². The highest BCUT2D eigenvalue weighted by Crippen LogP contribution is 2.53. The predicted molar refractivity (Wildman–Crippen MR) is 61.7 cm³/mol. The normalized spacial score (nSPS) is 35.8. The minimum atomic E-state index is -0.579. The van der Waals surface area contributed by atoms with Crippen molar-refractivity contribution in [3.05, 3.63) is 29.8 Å². The van der Waals surface area contributed by atoms with Crippen LogP contribution < -0.4 is 4.74 Å². The molecule has 0 radical (unpaired) electrons. The molecule has 3 rings (SSSR count). The number of para-hydroxylation sites is 1. The Bertz CT molecular complexity index is 466. The number of carbonyl (C=O) groups is 1. The summed E-state index contributed by atoms with van der Waals surface area (Å²) in [5, 5.41) is 0. The first kappa shape index (κ1) is 9.88.